The second-order valence-corrected chi connectivity index (χ2v) is 7.79. The van der Waals surface area contributed by atoms with Gasteiger partial charge in [-0.1, -0.05) is 11.6 Å². The molecule has 6 nitrogen and oxygen atoms in total. The van der Waals surface area contributed by atoms with E-state index in [1.807, 2.05) is 0 Å². The molecule has 1 unspecified atom stereocenters. The summed E-state index contributed by atoms with van der Waals surface area (Å²) in [7, 11) is 1.42. The average molecular weight is 406 g/mol. The largest absolute Gasteiger partial charge is 0.503 e. The van der Waals surface area contributed by atoms with Crippen LogP contribution in [0.5, 0.6) is 11.5 Å². The third kappa shape index (κ3) is 3.65. The number of ether oxygens (including phenoxy) is 2. The second-order valence-electron chi connectivity index (χ2n) is 7.38. The van der Waals surface area contributed by atoms with E-state index in [2.05, 4.69) is 4.99 Å². The molecule has 0 bridgehead atoms. The molecule has 0 amide bonds. The first-order valence-electron chi connectivity index (χ1n) is 9.32. The third-order valence-electron chi connectivity index (χ3n) is 5.07. The van der Waals surface area contributed by atoms with Crippen LogP contribution in [-0.4, -0.2) is 35.8 Å². The van der Waals surface area contributed by atoms with E-state index in [9.17, 15) is 14.7 Å². The van der Waals surface area contributed by atoms with Gasteiger partial charge in [-0.3, -0.25) is 14.6 Å². The fourth-order valence-corrected chi connectivity index (χ4v) is 4.13. The van der Waals surface area contributed by atoms with Crippen LogP contribution in [0.15, 0.2) is 28.4 Å². The zero-order chi connectivity index (χ0) is 20.6. The Morgan fingerprint density at radius 1 is 1.32 bits per heavy atom. The Bertz CT molecular complexity index is 887. The van der Waals surface area contributed by atoms with Gasteiger partial charge in [0.2, 0.25) is 0 Å². The van der Waals surface area contributed by atoms with E-state index in [-0.39, 0.29) is 28.4 Å². The minimum atomic E-state index is -0.742. The van der Waals surface area contributed by atoms with E-state index in [0.29, 0.717) is 29.7 Å². The summed E-state index contributed by atoms with van der Waals surface area (Å²) in [6.07, 6.45) is 1.54. The molecule has 7 heteroatoms. The predicted molar refractivity (Wildman–Crippen MR) is 106 cm³/mol. The highest BCUT2D eigenvalue weighted by Gasteiger charge is 2.43. The minimum Gasteiger partial charge on any atom is -0.503 e. The number of aliphatic imine (C=N–C) groups is 1. The van der Waals surface area contributed by atoms with Crippen LogP contribution in [0.1, 0.15) is 51.5 Å². The van der Waals surface area contributed by atoms with E-state index in [0.717, 1.165) is 12.1 Å². The van der Waals surface area contributed by atoms with Crippen molar-refractivity contribution in [1.29, 1.82) is 0 Å². The topological polar surface area (TPSA) is 85.2 Å². The van der Waals surface area contributed by atoms with Gasteiger partial charge in [0.05, 0.1) is 18.2 Å². The summed E-state index contributed by atoms with van der Waals surface area (Å²) in [5.74, 6) is -1.78. The van der Waals surface area contributed by atoms with Gasteiger partial charge in [0.1, 0.15) is 5.92 Å². The van der Waals surface area contributed by atoms with Gasteiger partial charge in [-0.25, -0.2) is 0 Å². The van der Waals surface area contributed by atoms with Crippen LogP contribution < -0.4 is 4.74 Å². The van der Waals surface area contributed by atoms with E-state index in [1.54, 1.807) is 32.9 Å². The van der Waals surface area contributed by atoms with Gasteiger partial charge >= 0.3 is 5.97 Å². The molecule has 3 rings (SSSR count). The second kappa shape index (κ2) is 7.95. The van der Waals surface area contributed by atoms with Gasteiger partial charge in [-0.2, -0.15) is 0 Å². The van der Waals surface area contributed by atoms with Gasteiger partial charge in [-0.05, 0) is 51.3 Å². The number of methoxy groups -OCH3 is 1. The molecule has 1 aromatic rings. The molecule has 1 N–H and O–H groups in total. The lowest BCUT2D eigenvalue weighted by molar-refractivity contribution is -0.150. The Hall–Kier alpha value is -2.34. The number of carbonyl (C=O) groups excluding carboxylic acids is 2. The first-order valence-corrected chi connectivity index (χ1v) is 9.70. The van der Waals surface area contributed by atoms with Crippen LogP contribution >= 0.6 is 11.6 Å². The number of allylic oxidation sites excluding steroid dienone is 2. The molecule has 0 radical (unpaired) electrons. The molecule has 1 aliphatic heterocycles. The lowest BCUT2D eigenvalue weighted by atomic mass is 9.71. The number of hydrogen-bond acceptors (Lipinski definition) is 6. The number of hydrogen-bond donors (Lipinski definition) is 1. The highest BCUT2D eigenvalue weighted by molar-refractivity contribution is 6.32. The van der Waals surface area contributed by atoms with Crippen LogP contribution in [-0.2, 0) is 14.3 Å². The molecule has 0 saturated carbocycles. The van der Waals surface area contributed by atoms with Crippen molar-refractivity contribution in [2.45, 2.75) is 52.1 Å². The zero-order valence-electron chi connectivity index (χ0n) is 16.4. The number of nitrogens with zero attached hydrogens (tertiary/aromatic N) is 1. The smallest absolute Gasteiger partial charge is 0.315 e. The normalized spacial score (nSPS) is 22.1. The van der Waals surface area contributed by atoms with Crippen molar-refractivity contribution in [2.24, 2.45) is 10.9 Å². The predicted octanol–water partition coefficient (Wildman–Crippen LogP) is 4.19. The summed E-state index contributed by atoms with van der Waals surface area (Å²) in [4.78, 5) is 30.3. The highest BCUT2D eigenvalue weighted by atomic mass is 35.5. The molecule has 28 heavy (non-hydrogen) atoms. The molecule has 150 valence electrons. The van der Waals surface area contributed by atoms with Crippen LogP contribution in [0.4, 0.5) is 0 Å². The Morgan fingerprint density at radius 3 is 2.68 bits per heavy atom. The zero-order valence-corrected chi connectivity index (χ0v) is 17.2. The van der Waals surface area contributed by atoms with Gasteiger partial charge in [0, 0.05) is 29.3 Å². The number of benzene rings is 1. The standard InChI is InChI=1S/C21H24ClNO5/c1-10(2)28-21(26)17-11(3)23-14-6-5-7-15(24)19(14)18(17)12-8-13(22)20(25)16(9-12)27-4/h8-10,17-18,25H,5-7H2,1-4H3/t17?,18-/m1/s1. The molecule has 0 saturated heterocycles. The maximum absolute atomic E-state index is 12.9. The number of ketones is 1. The Kier molecular flexibility index (Phi) is 5.79. The number of esters is 1. The quantitative estimate of drug-likeness (QED) is 0.759. The van der Waals surface area contributed by atoms with E-state index >= 15 is 0 Å². The van der Waals surface area contributed by atoms with Crippen molar-refractivity contribution in [3.05, 3.63) is 34.0 Å². The van der Waals surface area contributed by atoms with E-state index < -0.39 is 17.8 Å². The minimum absolute atomic E-state index is 0.0204. The lowest BCUT2D eigenvalue weighted by Crippen LogP contribution is -2.38. The fraction of sp³-hybridized carbons (Fsp3) is 0.476. The number of halogens is 1. The molecule has 2 aliphatic rings. The van der Waals surface area contributed by atoms with Crippen molar-refractivity contribution in [3.63, 3.8) is 0 Å². The number of phenolic OH excluding ortho intramolecular Hbond substituents is 1. The van der Waals surface area contributed by atoms with Crippen LogP contribution in [0.25, 0.3) is 0 Å². The lowest BCUT2D eigenvalue weighted by Gasteiger charge is -2.35. The summed E-state index contributed by atoms with van der Waals surface area (Å²) >= 11 is 6.20. The molecular formula is C21H24ClNO5. The fourth-order valence-electron chi connectivity index (χ4n) is 3.91. The van der Waals surface area contributed by atoms with Crippen molar-refractivity contribution in [2.75, 3.05) is 7.11 Å². The van der Waals surface area contributed by atoms with Crippen molar-refractivity contribution in [1.82, 2.24) is 0 Å². The van der Waals surface area contributed by atoms with Crippen LogP contribution in [0, 0.1) is 5.92 Å². The molecule has 1 aliphatic carbocycles. The summed E-state index contributed by atoms with van der Waals surface area (Å²) < 4.78 is 10.7. The molecule has 2 atom stereocenters. The van der Waals surface area contributed by atoms with E-state index in [4.69, 9.17) is 21.1 Å². The molecule has 1 aromatic carbocycles. The summed E-state index contributed by atoms with van der Waals surface area (Å²) in [5, 5.41) is 10.2. The van der Waals surface area contributed by atoms with Crippen molar-refractivity contribution >= 4 is 29.1 Å². The Morgan fingerprint density at radius 2 is 2.04 bits per heavy atom. The van der Waals surface area contributed by atoms with Gasteiger partial charge in [0.25, 0.3) is 0 Å². The summed E-state index contributed by atoms with van der Waals surface area (Å²) in [6, 6.07) is 3.19. The van der Waals surface area contributed by atoms with Crippen molar-refractivity contribution in [3.8, 4) is 11.5 Å². The van der Waals surface area contributed by atoms with E-state index in [1.165, 1.54) is 7.11 Å². The first kappa shape index (κ1) is 20.4. The van der Waals surface area contributed by atoms with Crippen LogP contribution in [0.3, 0.4) is 0 Å². The molecule has 0 spiro atoms. The van der Waals surface area contributed by atoms with Gasteiger partial charge < -0.3 is 14.6 Å². The molecule has 0 fully saturated rings. The van der Waals surface area contributed by atoms with Crippen molar-refractivity contribution < 1.29 is 24.2 Å². The number of aromatic hydroxyl groups is 1. The molecule has 1 heterocycles. The number of carbonyl (C=O) groups is 2. The first-order chi connectivity index (χ1) is 13.2. The third-order valence-corrected chi connectivity index (χ3v) is 5.36. The summed E-state index contributed by atoms with van der Waals surface area (Å²) in [6.45, 7) is 5.33. The maximum Gasteiger partial charge on any atom is 0.315 e. The molecule has 0 aromatic heterocycles. The maximum atomic E-state index is 12.9. The average Bonchev–Trinajstić information content (AvgIpc) is 2.62. The summed E-state index contributed by atoms with van der Waals surface area (Å²) in [5.41, 5.74) is 2.47. The Balaban J connectivity index is 2.20. The number of phenols is 1. The highest BCUT2D eigenvalue weighted by Crippen LogP contribution is 2.46. The SMILES string of the molecule is COc1cc([C@H]2C3=C(CCCC3=O)N=C(C)C2C(=O)OC(C)C)cc(Cl)c1O. The van der Waals surface area contributed by atoms with Gasteiger partial charge in [-0.15, -0.1) is 0 Å². The monoisotopic (exact) mass is 405 g/mol. The van der Waals surface area contributed by atoms with Crippen LogP contribution in [0.2, 0.25) is 5.02 Å². The molecular weight excluding hydrogens is 382 g/mol. The number of rotatable bonds is 4. The number of Topliss-reactive ketones (excluding diaryl/α,β-unsaturated/α-hetero) is 1. The van der Waals surface area contributed by atoms with Gasteiger partial charge in [0.15, 0.2) is 17.3 Å². The Labute approximate surface area is 169 Å².